The first-order valence-corrected chi connectivity index (χ1v) is 5.08. The normalized spacial score (nSPS) is 29.1. The fraction of sp³-hybridized carbons (Fsp3) is 1.00. The van der Waals surface area contributed by atoms with Crippen molar-refractivity contribution in [2.75, 3.05) is 20.3 Å². The van der Waals surface area contributed by atoms with Crippen LogP contribution in [-0.2, 0) is 0 Å². The first-order valence-electron chi connectivity index (χ1n) is 5.08. The summed E-state index contributed by atoms with van der Waals surface area (Å²) in [6.07, 6.45) is 1.40. The Morgan fingerprint density at radius 1 is 1.15 bits per heavy atom. The van der Waals surface area contributed by atoms with Gasteiger partial charge < -0.3 is 5.32 Å². The highest BCUT2D eigenvalue weighted by Gasteiger charge is 2.28. The SMILES string of the molecule is CC1CNCC(C(C)(C)C)C1.CF. The first-order chi connectivity index (χ1) is 6.00. The molecule has 0 amide bonds. The van der Waals surface area contributed by atoms with E-state index in [4.69, 9.17) is 0 Å². The molecule has 0 aromatic rings. The van der Waals surface area contributed by atoms with E-state index in [9.17, 15) is 4.39 Å². The Kier molecular flexibility index (Phi) is 5.54. The van der Waals surface area contributed by atoms with Crippen LogP contribution in [0, 0.1) is 17.3 Å². The highest BCUT2D eigenvalue weighted by Crippen LogP contribution is 2.32. The predicted octanol–water partition coefficient (Wildman–Crippen LogP) is 2.86. The molecular formula is C11H24FN. The van der Waals surface area contributed by atoms with Crippen molar-refractivity contribution in [3.05, 3.63) is 0 Å². The molecular weight excluding hydrogens is 165 g/mol. The fourth-order valence-electron chi connectivity index (χ4n) is 1.82. The lowest BCUT2D eigenvalue weighted by Gasteiger charge is -2.37. The Morgan fingerprint density at radius 3 is 2.00 bits per heavy atom. The minimum Gasteiger partial charge on any atom is -0.316 e. The highest BCUT2D eigenvalue weighted by molar-refractivity contribution is 4.81. The summed E-state index contributed by atoms with van der Waals surface area (Å²) in [5.74, 6) is 1.74. The van der Waals surface area contributed by atoms with Crippen LogP contribution in [0.4, 0.5) is 4.39 Å². The van der Waals surface area contributed by atoms with E-state index in [1.807, 2.05) is 0 Å². The van der Waals surface area contributed by atoms with Crippen molar-refractivity contribution in [3.63, 3.8) is 0 Å². The zero-order chi connectivity index (χ0) is 10.5. The molecule has 80 valence electrons. The smallest absolute Gasteiger partial charge is 0.0785 e. The molecule has 1 aliphatic heterocycles. The maximum Gasteiger partial charge on any atom is 0.0785 e. The quantitative estimate of drug-likeness (QED) is 0.618. The third-order valence-corrected chi connectivity index (χ3v) is 2.80. The molecule has 1 nitrogen and oxygen atoms in total. The Morgan fingerprint density at radius 2 is 1.69 bits per heavy atom. The number of halogens is 1. The molecule has 0 aromatic carbocycles. The summed E-state index contributed by atoms with van der Waals surface area (Å²) in [7, 11) is 0.500. The molecule has 13 heavy (non-hydrogen) atoms. The topological polar surface area (TPSA) is 12.0 Å². The summed E-state index contributed by atoms with van der Waals surface area (Å²) in [5, 5.41) is 3.49. The van der Waals surface area contributed by atoms with Gasteiger partial charge in [0.2, 0.25) is 0 Å². The van der Waals surface area contributed by atoms with E-state index in [0.29, 0.717) is 12.6 Å². The third kappa shape index (κ3) is 4.61. The molecule has 0 aliphatic carbocycles. The molecule has 1 saturated heterocycles. The zero-order valence-corrected chi connectivity index (χ0v) is 9.65. The van der Waals surface area contributed by atoms with Crippen molar-refractivity contribution in [2.24, 2.45) is 17.3 Å². The largest absolute Gasteiger partial charge is 0.316 e. The third-order valence-electron chi connectivity index (χ3n) is 2.80. The van der Waals surface area contributed by atoms with Crippen LogP contribution >= 0.6 is 0 Å². The van der Waals surface area contributed by atoms with E-state index in [1.54, 1.807) is 0 Å². The maximum absolute atomic E-state index is 9.50. The van der Waals surface area contributed by atoms with Gasteiger partial charge in [-0.15, -0.1) is 0 Å². The maximum atomic E-state index is 9.50. The fourth-order valence-corrected chi connectivity index (χ4v) is 1.82. The van der Waals surface area contributed by atoms with Crippen LogP contribution in [0.2, 0.25) is 0 Å². The summed E-state index contributed by atoms with van der Waals surface area (Å²) in [6, 6.07) is 0. The monoisotopic (exact) mass is 189 g/mol. The van der Waals surface area contributed by atoms with E-state index in [1.165, 1.54) is 19.5 Å². The summed E-state index contributed by atoms with van der Waals surface area (Å²) in [5.41, 5.74) is 0.488. The van der Waals surface area contributed by atoms with Gasteiger partial charge in [-0.3, -0.25) is 4.39 Å². The molecule has 1 fully saturated rings. The van der Waals surface area contributed by atoms with Crippen LogP contribution < -0.4 is 5.32 Å². The van der Waals surface area contributed by atoms with Gasteiger partial charge in [0.1, 0.15) is 0 Å². The van der Waals surface area contributed by atoms with E-state index < -0.39 is 0 Å². The van der Waals surface area contributed by atoms with Crippen molar-refractivity contribution in [1.82, 2.24) is 5.32 Å². The lowest BCUT2D eigenvalue weighted by molar-refractivity contribution is 0.163. The molecule has 0 bridgehead atoms. The number of rotatable bonds is 0. The zero-order valence-electron chi connectivity index (χ0n) is 9.65. The molecule has 0 radical (unpaired) electrons. The Balaban J connectivity index is 0.000000671. The lowest BCUT2D eigenvalue weighted by atomic mass is 9.74. The summed E-state index contributed by atoms with van der Waals surface area (Å²) in [4.78, 5) is 0. The molecule has 1 rings (SSSR count). The number of hydrogen-bond donors (Lipinski definition) is 1. The van der Waals surface area contributed by atoms with Crippen molar-refractivity contribution >= 4 is 0 Å². The van der Waals surface area contributed by atoms with Gasteiger partial charge in [0, 0.05) is 0 Å². The van der Waals surface area contributed by atoms with Crippen LogP contribution in [0.25, 0.3) is 0 Å². The molecule has 1 aliphatic rings. The van der Waals surface area contributed by atoms with Crippen LogP contribution in [0.5, 0.6) is 0 Å². The molecule has 2 heteroatoms. The van der Waals surface area contributed by atoms with Gasteiger partial charge in [0.05, 0.1) is 7.18 Å². The second kappa shape index (κ2) is 5.58. The average molecular weight is 189 g/mol. The molecule has 2 atom stereocenters. The van der Waals surface area contributed by atoms with Crippen molar-refractivity contribution < 1.29 is 4.39 Å². The Bertz CT molecular complexity index is 129. The van der Waals surface area contributed by atoms with E-state index >= 15 is 0 Å². The van der Waals surface area contributed by atoms with E-state index in [-0.39, 0.29) is 0 Å². The van der Waals surface area contributed by atoms with Gasteiger partial charge in [-0.25, -0.2) is 0 Å². The Hall–Kier alpha value is -0.110. The molecule has 0 aromatic heterocycles. The van der Waals surface area contributed by atoms with Gasteiger partial charge in [0.25, 0.3) is 0 Å². The van der Waals surface area contributed by atoms with Gasteiger partial charge >= 0.3 is 0 Å². The lowest BCUT2D eigenvalue weighted by Crippen LogP contribution is -2.40. The second-order valence-electron chi connectivity index (χ2n) is 5.06. The minimum atomic E-state index is 0.488. The number of hydrogen-bond acceptors (Lipinski definition) is 1. The van der Waals surface area contributed by atoms with Crippen LogP contribution in [0.15, 0.2) is 0 Å². The number of alkyl halides is 1. The molecule has 0 spiro atoms. The number of nitrogens with one attached hydrogen (secondary N) is 1. The van der Waals surface area contributed by atoms with Gasteiger partial charge in [-0.2, -0.15) is 0 Å². The van der Waals surface area contributed by atoms with Crippen LogP contribution in [0.1, 0.15) is 34.1 Å². The van der Waals surface area contributed by atoms with E-state index in [2.05, 4.69) is 33.0 Å². The summed E-state index contributed by atoms with van der Waals surface area (Å²) in [6.45, 7) is 11.8. The molecule has 1 heterocycles. The van der Waals surface area contributed by atoms with Crippen LogP contribution in [-0.4, -0.2) is 20.3 Å². The van der Waals surface area contributed by atoms with Crippen molar-refractivity contribution in [1.29, 1.82) is 0 Å². The van der Waals surface area contributed by atoms with Crippen molar-refractivity contribution in [2.45, 2.75) is 34.1 Å². The Labute approximate surface area is 82.1 Å². The number of piperidine rings is 1. The summed E-state index contributed by atoms with van der Waals surface area (Å²) >= 11 is 0. The van der Waals surface area contributed by atoms with Gasteiger partial charge in [-0.1, -0.05) is 27.7 Å². The van der Waals surface area contributed by atoms with Gasteiger partial charge in [0.15, 0.2) is 0 Å². The van der Waals surface area contributed by atoms with E-state index in [0.717, 1.165) is 11.8 Å². The molecule has 0 saturated carbocycles. The highest BCUT2D eigenvalue weighted by atomic mass is 19.1. The second-order valence-corrected chi connectivity index (χ2v) is 5.06. The molecule has 1 N–H and O–H groups in total. The first kappa shape index (κ1) is 12.9. The molecule has 2 unspecified atom stereocenters. The van der Waals surface area contributed by atoms with Crippen molar-refractivity contribution in [3.8, 4) is 0 Å². The predicted molar refractivity (Wildman–Crippen MR) is 56.6 cm³/mol. The summed E-state index contributed by atoms with van der Waals surface area (Å²) < 4.78 is 9.50. The standard InChI is InChI=1S/C10H21N.CH3F/c1-8-5-9(7-11-6-8)10(2,3)4;1-2/h8-9,11H,5-7H2,1-4H3;1H3. The minimum absolute atomic E-state index is 0.488. The van der Waals surface area contributed by atoms with Crippen LogP contribution in [0.3, 0.4) is 0 Å². The van der Waals surface area contributed by atoms with Gasteiger partial charge in [-0.05, 0) is 36.8 Å². The average Bonchev–Trinajstić information content (AvgIpc) is 2.06.